The van der Waals surface area contributed by atoms with E-state index in [4.69, 9.17) is 16.0 Å². The van der Waals surface area contributed by atoms with Gasteiger partial charge in [-0.3, -0.25) is 9.69 Å². The third-order valence-corrected chi connectivity index (χ3v) is 5.94. The number of likely N-dealkylation sites (tertiary alicyclic amines) is 2. The molecule has 5 nitrogen and oxygen atoms in total. The number of nitrogens with zero attached hydrogens (tertiary/aromatic N) is 3. The summed E-state index contributed by atoms with van der Waals surface area (Å²) < 4.78 is 6.03. The fourth-order valence-corrected chi connectivity index (χ4v) is 4.26. The molecule has 0 radical (unpaired) electrons. The molecule has 0 spiro atoms. The summed E-state index contributed by atoms with van der Waals surface area (Å²) in [6.45, 7) is 4.20. The molecule has 2 aliphatic rings. The largest absolute Gasteiger partial charge is 0.445 e. The lowest BCUT2D eigenvalue weighted by atomic mass is 9.98. The molecule has 0 aliphatic carbocycles. The van der Waals surface area contributed by atoms with E-state index < -0.39 is 0 Å². The molecule has 2 saturated heterocycles. The van der Waals surface area contributed by atoms with Gasteiger partial charge in [-0.15, -0.1) is 0 Å². The number of aromatic nitrogens is 1. The van der Waals surface area contributed by atoms with Crippen molar-refractivity contribution in [2.75, 3.05) is 32.7 Å². The second kappa shape index (κ2) is 8.44. The quantitative estimate of drug-likeness (QED) is 0.784. The molecule has 2 aromatic rings. The lowest BCUT2D eigenvalue weighted by Crippen LogP contribution is -2.44. The monoisotopic (exact) mass is 387 g/mol. The van der Waals surface area contributed by atoms with Crippen LogP contribution in [0.2, 0.25) is 5.02 Å². The van der Waals surface area contributed by atoms with E-state index in [2.05, 4.69) is 9.88 Å². The summed E-state index contributed by atoms with van der Waals surface area (Å²) in [7, 11) is 0. The van der Waals surface area contributed by atoms with Gasteiger partial charge in [-0.1, -0.05) is 29.8 Å². The molecule has 0 bridgehead atoms. The number of carbonyl (C=O) groups excluding carboxylic acids is 1. The number of hydrogen-bond donors (Lipinski definition) is 0. The predicted octanol–water partition coefficient (Wildman–Crippen LogP) is 3.72. The highest BCUT2D eigenvalue weighted by Crippen LogP contribution is 2.28. The summed E-state index contributed by atoms with van der Waals surface area (Å²) in [5, 5.41) is 0.742. The zero-order valence-electron chi connectivity index (χ0n) is 15.6. The van der Waals surface area contributed by atoms with Crippen LogP contribution in [0, 0.1) is 0 Å². The van der Waals surface area contributed by atoms with Crippen molar-refractivity contribution in [3.05, 3.63) is 52.7 Å². The molecule has 2 aliphatic heterocycles. The molecule has 0 saturated carbocycles. The van der Waals surface area contributed by atoms with Crippen molar-refractivity contribution >= 4 is 17.5 Å². The van der Waals surface area contributed by atoms with Gasteiger partial charge in [0, 0.05) is 24.5 Å². The molecule has 0 unspecified atom stereocenters. The number of amides is 1. The lowest BCUT2D eigenvalue weighted by molar-refractivity contribution is -0.133. The first-order valence-electron chi connectivity index (χ1n) is 9.87. The molecule has 3 heterocycles. The summed E-state index contributed by atoms with van der Waals surface area (Å²) in [6.07, 6.45) is 6.86. The minimum atomic E-state index is 0.182. The molecule has 0 N–H and O–H groups in total. The lowest BCUT2D eigenvalue weighted by Gasteiger charge is -2.32. The first kappa shape index (κ1) is 18.5. The van der Waals surface area contributed by atoms with Gasteiger partial charge in [-0.2, -0.15) is 0 Å². The van der Waals surface area contributed by atoms with E-state index >= 15 is 0 Å². The van der Waals surface area contributed by atoms with E-state index in [0.717, 1.165) is 54.7 Å². The van der Waals surface area contributed by atoms with Crippen molar-refractivity contribution < 1.29 is 9.21 Å². The Morgan fingerprint density at radius 3 is 2.81 bits per heavy atom. The first-order chi connectivity index (χ1) is 13.2. The Morgan fingerprint density at radius 1 is 1.19 bits per heavy atom. The van der Waals surface area contributed by atoms with Crippen molar-refractivity contribution in [2.24, 2.45) is 0 Å². The molecule has 6 heteroatoms. The van der Waals surface area contributed by atoms with Crippen molar-refractivity contribution in [3.8, 4) is 0 Å². The van der Waals surface area contributed by atoms with Crippen LogP contribution in [0.1, 0.15) is 48.8 Å². The minimum absolute atomic E-state index is 0.182. The number of carbonyl (C=O) groups is 1. The molecular weight excluding hydrogens is 362 g/mol. The van der Waals surface area contributed by atoms with Crippen LogP contribution in [0.25, 0.3) is 0 Å². The number of piperidine rings is 1. The second-order valence-corrected chi connectivity index (χ2v) is 8.00. The molecule has 1 amide bonds. The molecule has 4 rings (SSSR count). The van der Waals surface area contributed by atoms with E-state index in [-0.39, 0.29) is 11.8 Å². The Kier molecular flexibility index (Phi) is 5.79. The number of rotatable bonds is 5. The highest BCUT2D eigenvalue weighted by atomic mass is 35.5. The van der Waals surface area contributed by atoms with Crippen LogP contribution in [0.15, 0.2) is 34.9 Å². The Morgan fingerprint density at radius 2 is 2.00 bits per heavy atom. The molecule has 1 aromatic carbocycles. The zero-order chi connectivity index (χ0) is 18.6. The van der Waals surface area contributed by atoms with E-state index in [1.807, 2.05) is 29.2 Å². The van der Waals surface area contributed by atoms with Gasteiger partial charge in [0.25, 0.3) is 0 Å². The molecule has 1 aromatic heterocycles. The van der Waals surface area contributed by atoms with E-state index in [9.17, 15) is 4.79 Å². The van der Waals surface area contributed by atoms with E-state index in [1.165, 1.54) is 12.8 Å². The fourth-order valence-electron chi connectivity index (χ4n) is 4.06. The molecule has 2 fully saturated rings. The van der Waals surface area contributed by atoms with Gasteiger partial charge in [-0.25, -0.2) is 4.98 Å². The Labute approximate surface area is 165 Å². The van der Waals surface area contributed by atoms with Gasteiger partial charge in [0.15, 0.2) is 5.89 Å². The fraction of sp³-hybridized carbons (Fsp3) is 0.524. The third-order valence-electron chi connectivity index (χ3n) is 5.57. The third kappa shape index (κ3) is 4.53. The molecule has 1 atom stereocenters. The molecule has 27 heavy (non-hydrogen) atoms. The summed E-state index contributed by atoms with van der Waals surface area (Å²) >= 11 is 6.24. The van der Waals surface area contributed by atoms with Gasteiger partial charge in [0.1, 0.15) is 5.76 Å². The van der Waals surface area contributed by atoms with Crippen molar-refractivity contribution in [2.45, 2.75) is 38.0 Å². The topological polar surface area (TPSA) is 49.6 Å². The first-order valence-corrected chi connectivity index (χ1v) is 10.2. The minimum Gasteiger partial charge on any atom is -0.445 e. The maximum absolute atomic E-state index is 12.6. The van der Waals surface area contributed by atoms with Crippen molar-refractivity contribution in [1.29, 1.82) is 0 Å². The smallest absolute Gasteiger partial charge is 0.236 e. The maximum Gasteiger partial charge on any atom is 0.236 e. The predicted molar refractivity (Wildman–Crippen MR) is 105 cm³/mol. The van der Waals surface area contributed by atoms with E-state index in [0.29, 0.717) is 19.5 Å². The Bertz CT molecular complexity index is 785. The van der Waals surface area contributed by atoms with Crippen LogP contribution in [-0.2, 0) is 11.2 Å². The van der Waals surface area contributed by atoms with Crippen LogP contribution in [-0.4, -0.2) is 53.4 Å². The SMILES string of the molecule is O=C(CN1CCCC1)N1CCC[C@@H](c2ncc(Cc3ccccc3Cl)o2)C1. The van der Waals surface area contributed by atoms with E-state index in [1.54, 1.807) is 6.20 Å². The maximum atomic E-state index is 12.6. The van der Waals surface area contributed by atoms with Crippen LogP contribution >= 0.6 is 11.6 Å². The van der Waals surface area contributed by atoms with Gasteiger partial charge < -0.3 is 9.32 Å². The highest BCUT2D eigenvalue weighted by molar-refractivity contribution is 6.31. The second-order valence-electron chi connectivity index (χ2n) is 7.60. The number of oxazole rings is 1. The standard InChI is InChI=1S/C21H26ClN3O2/c22-19-8-2-1-6-16(19)12-18-13-23-21(27-18)17-7-5-11-25(14-17)20(26)15-24-9-3-4-10-24/h1-2,6,8,13,17H,3-5,7,9-12,14-15H2/t17-/m1/s1. The number of benzene rings is 1. The summed E-state index contributed by atoms with van der Waals surface area (Å²) in [4.78, 5) is 21.4. The van der Waals surface area contributed by atoms with Crippen molar-refractivity contribution in [3.63, 3.8) is 0 Å². The van der Waals surface area contributed by atoms with Gasteiger partial charge >= 0.3 is 0 Å². The average molecular weight is 388 g/mol. The normalized spacial score (nSPS) is 20.9. The number of hydrogen-bond acceptors (Lipinski definition) is 4. The van der Waals surface area contributed by atoms with Crippen LogP contribution in [0.3, 0.4) is 0 Å². The zero-order valence-corrected chi connectivity index (χ0v) is 16.3. The van der Waals surface area contributed by atoms with Gasteiger partial charge in [-0.05, 0) is 50.4 Å². The van der Waals surface area contributed by atoms with Crippen LogP contribution < -0.4 is 0 Å². The number of halogens is 1. The highest BCUT2D eigenvalue weighted by Gasteiger charge is 2.29. The Hall–Kier alpha value is -1.85. The van der Waals surface area contributed by atoms with Crippen LogP contribution in [0.4, 0.5) is 0 Å². The van der Waals surface area contributed by atoms with Crippen molar-refractivity contribution in [1.82, 2.24) is 14.8 Å². The van der Waals surface area contributed by atoms with Gasteiger partial charge in [0.2, 0.25) is 5.91 Å². The van der Waals surface area contributed by atoms with Crippen LogP contribution in [0.5, 0.6) is 0 Å². The average Bonchev–Trinajstić information content (AvgIpc) is 3.36. The summed E-state index contributed by atoms with van der Waals surface area (Å²) in [6, 6.07) is 7.79. The molecular formula is C21H26ClN3O2. The summed E-state index contributed by atoms with van der Waals surface area (Å²) in [5.41, 5.74) is 1.04. The Balaban J connectivity index is 1.37. The molecule has 144 valence electrons. The van der Waals surface area contributed by atoms with Gasteiger partial charge in [0.05, 0.1) is 18.7 Å². The summed E-state index contributed by atoms with van der Waals surface area (Å²) in [5.74, 6) is 1.99.